The zero-order chi connectivity index (χ0) is 16.0. The van der Waals surface area contributed by atoms with E-state index in [9.17, 15) is 14.9 Å². The first-order valence-corrected chi connectivity index (χ1v) is 6.55. The summed E-state index contributed by atoms with van der Waals surface area (Å²) in [6.07, 6.45) is 0.510. The highest BCUT2D eigenvalue weighted by molar-refractivity contribution is 5.80. The van der Waals surface area contributed by atoms with Crippen LogP contribution in [-0.2, 0) is 9.53 Å². The second-order valence-corrected chi connectivity index (χ2v) is 4.99. The lowest BCUT2D eigenvalue weighted by Crippen LogP contribution is -2.32. The largest absolute Gasteiger partial charge is 0.496 e. The van der Waals surface area contributed by atoms with E-state index in [1.165, 1.54) is 26.4 Å². The van der Waals surface area contributed by atoms with Gasteiger partial charge in [0.15, 0.2) is 0 Å². The second-order valence-electron chi connectivity index (χ2n) is 4.99. The lowest BCUT2D eigenvalue weighted by atomic mass is 10.0. The fraction of sp³-hybridized carbons (Fsp3) is 0.500. The Morgan fingerprint density at radius 2 is 2.05 bits per heavy atom. The van der Waals surface area contributed by atoms with Crippen LogP contribution in [0.2, 0.25) is 0 Å². The molecule has 1 N–H and O–H groups in total. The average Bonchev–Trinajstić information content (AvgIpc) is 2.45. The SMILES string of the molecule is COC(=O)C(CC(C)C)Nc1ccc(OC)cc1[N+](=O)[O-]. The fourth-order valence-electron chi connectivity index (χ4n) is 1.93. The third kappa shape index (κ3) is 4.62. The predicted molar refractivity (Wildman–Crippen MR) is 78.5 cm³/mol. The molecule has 0 aromatic heterocycles. The summed E-state index contributed by atoms with van der Waals surface area (Å²) in [4.78, 5) is 22.4. The highest BCUT2D eigenvalue weighted by atomic mass is 16.6. The van der Waals surface area contributed by atoms with E-state index in [1.807, 2.05) is 13.8 Å². The Kier molecular flexibility index (Phi) is 5.95. The number of carbonyl (C=O) groups excluding carboxylic acids is 1. The molecule has 0 saturated heterocycles. The minimum Gasteiger partial charge on any atom is -0.496 e. The van der Waals surface area contributed by atoms with Gasteiger partial charge in [-0.3, -0.25) is 10.1 Å². The fourth-order valence-corrected chi connectivity index (χ4v) is 1.93. The monoisotopic (exact) mass is 296 g/mol. The summed E-state index contributed by atoms with van der Waals surface area (Å²) in [6.45, 7) is 3.92. The second kappa shape index (κ2) is 7.47. The molecule has 0 heterocycles. The zero-order valence-electron chi connectivity index (χ0n) is 12.6. The van der Waals surface area contributed by atoms with Crippen LogP contribution in [0.1, 0.15) is 20.3 Å². The molecular formula is C14H20N2O5. The highest BCUT2D eigenvalue weighted by Gasteiger charge is 2.24. The van der Waals surface area contributed by atoms with Crippen molar-refractivity contribution in [2.24, 2.45) is 5.92 Å². The van der Waals surface area contributed by atoms with Crippen LogP contribution >= 0.6 is 0 Å². The molecule has 1 unspecified atom stereocenters. The summed E-state index contributed by atoms with van der Waals surface area (Å²) in [5.74, 6) is 0.165. The Bertz CT molecular complexity index is 516. The molecule has 0 fully saturated rings. The first-order chi connectivity index (χ1) is 9.88. The van der Waals surface area contributed by atoms with Crippen molar-refractivity contribution in [3.63, 3.8) is 0 Å². The Morgan fingerprint density at radius 3 is 2.52 bits per heavy atom. The number of hydrogen-bond donors (Lipinski definition) is 1. The molecule has 116 valence electrons. The molecule has 0 radical (unpaired) electrons. The van der Waals surface area contributed by atoms with Crippen LogP contribution < -0.4 is 10.1 Å². The third-order valence-electron chi connectivity index (χ3n) is 2.92. The standard InChI is InChI=1S/C14H20N2O5/c1-9(2)7-12(14(17)21-4)15-11-6-5-10(20-3)8-13(11)16(18)19/h5-6,8-9,12,15H,7H2,1-4H3. The Hall–Kier alpha value is -2.31. The van der Waals surface area contributed by atoms with Gasteiger partial charge in [-0.2, -0.15) is 0 Å². The summed E-state index contributed by atoms with van der Waals surface area (Å²) in [6, 6.07) is 3.79. The van der Waals surface area contributed by atoms with Crippen molar-refractivity contribution < 1.29 is 19.2 Å². The van der Waals surface area contributed by atoms with Crippen molar-refractivity contribution in [2.75, 3.05) is 19.5 Å². The minimum absolute atomic E-state index is 0.146. The van der Waals surface area contributed by atoms with Gasteiger partial charge in [0.05, 0.1) is 25.2 Å². The third-order valence-corrected chi connectivity index (χ3v) is 2.92. The van der Waals surface area contributed by atoms with Crippen LogP contribution in [0.3, 0.4) is 0 Å². The van der Waals surface area contributed by atoms with Crippen molar-refractivity contribution in [2.45, 2.75) is 26.3 Å². The van der Waals surface area contributed by atoms with E-state index >= 15 is 0 Å². The van der Waals surface area contributed by atoms with Crippen LogP contribution in [0, 0.1) is 16.0 Å². The first-order valence-electron chi connectivity index (χ1n) is 6.55. The molecule has 0 aliphatic heterocycles. The predicted octanol–water partition coefficient (Wildman–Crippen LogP) is 2.60. The van der Waals surface area contributed by atoms with E-state index < -0.39 is 16.9 Å². The number of anilines is 1. The van der Waals surface area contributed by atoms with Gasteiger partial charge in [0.2, 0.25) is 0 Å². The number of nitro benzene ring substituents is 1. The maximum Gasteiger partial charge on any atom is 0.328 e. The van der Waals surface area contributed by atoms with Crippen LogP contribution in [0.5, 0.6) is 5.75 Å². The smallest absolute Gasteiger partial charge is 0.328 e. The summed E-state index contributed by atoms with van der Waals surface area (Å²) < 4.78 is 9.71. The molecule has 0 spiro atoms. The van der Waals surface area contributed by atoms with Crippen molar-refractivity contribution in [1.29, 1.82) is 0 Å². The van der Waals surface area contributed by atoms with Gasteiger partial charge in [-0.1, -0.05) is 13.8 Å². The molecule has 7 heteroatoms. The number of nitrogens with zero attached hydrogens (tertiary/aromatic N) is 1. The topological polar surface area (TPSA) is 90.7 Å². The van der Waals surface area contributed by atoms with Gasteiger partial charge in [-0.25, -0.2) is 4.79 Å². The number of hydrogen-bond acceptors (Lipinski definition) is 6. The van der Waals surface area contributed by atoms with Crippen LogP contribution in [-0.4, -0.2) is 31.2 Å². The molecule has 0 amide bonds. The van der Waals surface area contributed by atoms with Crippen molar-refractivity contribution in [3.8, 4) is 5.75 Å². The molecule has 1 aromatic rings. The van der Waals surface area contributed by atoms with E-state index in [-0.39, 0.29) is 17.3 Å². The first kappa shape index (κ1) is 16.7. The highest BCUT2D eigenvalue weighted by Crippen LogP contribution is 2.30. The molecule has 0 aliphatic carbocycles. The Balaban J connectivity index is 3.07. The molecule has 1 aromatic carbocycles. The van der Waals surface area contributed by atoms with Gasteiger partial charge in [0.1, 0.15) is 17.5 Å². The molecule has 21 heavy (non-hydrogen) atoms. The zero-order valence-corrected chi connectivity index (χ0v) is 12.6. The van der Waals surface area contributed by atoms with E-state index in [1.54, 1.807) is 6.07 Å². The Morgan fingerprint density at radius 1 is 1.38 bits per heavy atom. The van der Waals surface area contributed by atoms with Gasteiger partial charge in [0, 0.05) is 0 Å². The maximum absolute atomic E-state index is 11.8. The number of rotatable bonds is 7. The van der Waals surface area contributed by atoms with Crippen molar-refractivity contribution in [1.82, 2.24) is 0 Å². The van der Waals surface area contributed by atoms with Crippen molar-refractivity contribution >= 4 is 17.3 Å². The van der Waals surface area contributed by atoms with E-state index in [0.29, 0.717) is 12.2 Å². The van der Waals surface area contributed by atoms with Crippen LogP contribution in [0.15, 0.2) is 18.2 Å². The molecule has 1 rings (SSSR count). The molecule has 1 atom stereocenters. The lowest BCUT2D eigenvalue weighted by molar-refractivity contribution is -0.384. The quantitative estimate of drug-likeness (QED) is 0.472. The van der Waals surface area contributed by atoms with Crippen LogP contribution in [0.25, 0.3) is 0 Å². The average molecular weight is 296 g/mol. The number of esters is 1. The van der Waals surface area contributed by atoms with E-state index in [2.05, 4.69) is 5.32 Å². The maximum atomic E-state index is 11.8. The van der Waals surface area contributed by atoms with Gasteiger partial charge >= 0.3 is 5.97 Å². The van der Waals surface area contributed by atoms with Gasteiger partial charge in [0.25, 0.3) is 5.69 Å². The number of nitro groups is 1. The van der Waals surface area contributed by atoms with Gasteiger partial charge in [-0.15, -0.1) is 0 Å². The number of methoxy groups -OCH3 is 2. The number of ether oxygens (including phenoxy) is 2. The summed E-state index contributed by atoms with van der Waals surface area (Å²) in [5.41, 5.74) is 0.115. The van der Waals surface area contributed by atoms with Crippen molar-refractivity contribution in [3.05, 3.63) is 28.3 Å². The summed E-state index contributed by atoms with van der Waals surface area (Å²) in [7, 11) is 2.72. The number of carbonyl (C=O) groups is 1. The lowest BCUT2D eigenvalue weighted by Gasteiger charge is -2.19. The van der Waals surface area contributed by atoms with E-state index in [0.717, 1.165) is 0 Å². The van der Waals surface area contributed by atoms with Crippen LogP contribution in [0.4, 0.5) is 11.4 Å². The number of nitrogens with one attached hydrogen (secondary N) is 1. The van der Waals surface area contributed by atoms with Gasteiger partial charge < -0.3 is 14.8 Å². The Labute approximate surface area is 123 Å². The molecule has 0 aliphatic rings. The summed E-state index contributed by atoms with van der Waals surface area (Å²) >= 11 is 0. The summed E-state index contributed by atoms with van der Waals surface area (Å²) in [5, 5.41) is 14.0. The number of benzene rings is 1. The normalized spacial score (nSPS) is 11.9. The van der Waals surface area contributed by atoms with Gasteiger partial charge in [-0.05, 0) is 24.5 Å². The minimum atomic E-state index is -0.637. The van der Waals surface area contributed by atoms with E-state index in [4.69, 9.17) is 9.47 Å². The molecule has 0 bridgehead atoms. The molecule has 0 saturated carbocycles. The molecular weight excluding hydrogens is 276 g/mol. The molecule has 7 nitrogen and oxygen atoms in total.